The lowest BCUT2D eigenvalue weighted by Crippen LogP contribution is -2.51. The first kappa shape index (κ1) is 14.9. The molecular formula is C13H23N5O2. The molecule has 7 nitrogen and oxygen atoms in total. The quantitative estimate of drug-likeness (QED) is 0.807. The summed E-state index contributed by atoms with van der Waals surface area (Å²) in [6, 6.07) is -0.402. The normalized spacial score (nSPS) is 19.1. The van der Waals surface area contributed by atoms with E-state index in [-0.39, 0.29) is 0 Å². The van der Waals surface area contributed by atoms with Crippen LogP contribution in [0.5, 0.6) is 0 Å². The molecule has 0 amide bonds. The highest BCUT2D eigenvalue weighted by Crippen LogP contribution is 2.09. The van der Waals surface area contributed by atoms with Crippen LogP contribution in [0.15, 0.2) is 6.33 Å². The highest BCUT2D eigenvalue weighted by atomic mass is 16.4. The summed E-state index contributed by atoms with van der Waals surface area (Å²) in [6.07, 6.45) is 2.65. The molecule has 112 valence electrons. The van der Waals surface area contributed by atoms with E-state index in [1.807, 2.05) is 9.58 Å². The number of nitrogens with zero attached hydrogens (tertiary/aromatic N) is 5. The predicted molar refractivity (Wildman–Crippen MR) is 74.3 cm³/mol. The zero-order valence-electron chi connectivity index (χ0n) is 12.2. The number of carboxylic acids is 1. The van der Waals surface area contributed by atoms with Crippen LogP contribution in [0.25, 0.3) is 0 Å². The van der Waals surface area contributed by atoms with Gasteiger partial charge in [0.15, 0.2) is 0 Å². The van der Waals surface area contributed by atoms with Gasteiger partial charge >= 0.3 is 5.97 Å². The maximum atomic E-state index is 11.0. The lowest BCUT2D eigenvalue weighted by molar-refractivity contribution is -0.143. The third-order valence-corrected chi connectivity index (χ3v) is 3.81. The molecule has 1 N–H and O–H groups in total. The van der Waals surface area contributed by atoms with Crippen molar-refractivity contribution in [1.29, 1.82) is 0 Å². The Morgan fingerprint density at radius 3 is 2.70 bits per heavy atom. The number of carbonyl (C=O) groups is 1. The molecule has 20 heavy (non-hydrogen) atoms. The molecule has 0 aliphatic carbocycles. The summed E-state index contributed by atoms with van der Waals surface area (Å²) in [5, 5.41) is 13.3. The smallest absolute Gasteiger partial charge is 0.320 e. The van der Waals surface area contributed by atoms with Crippen molar-refractivity contribution < 1.29 is 9.90 Å². The number of hydrogen-bond acceptors (Lipinski definition) is 5. The fourth-order valence-corrected chi connectivity index (χ4v) is 2.47. The van der Waals surface area contributed by atoms with E-state index in [0.29, 0.717) is 0 Å². The Morgan fingerprint density at radius 2 is 2.10 bits per heavy atom. The van der Waals surface area contributed by atoms with Crippen molar-refractivity contribution in [3.05, 3.63) is 12.2 Å². The minimum absolute atomic E-state index is 0.402. The Labute approximate surface area is 119 Å². The molecule has 1 atom stereocenters. The van der Waals surface area contributed by atoms with Gasteiger partial charge in [0, 0.05) is 32.7 Å². The molecule has 1 unspecified atom stereocenters. The van der Waals surface area contributed by atoms with Gasteiger partial charge in [0.1, 0.15) is 18.2 Å². The van der Waals surface area contributed by atoms with Gasteiger partial charge < -0.3 is 5.11 Å². The van der Waals surface area contributed by atoms with Crippen molar-refractivity contribution in [3.8, 4) is 0 Å². The molecule has 1 aliphatic heterocycles. The molecule has 1 saturated heterocycles. The highest BCUT2D eigenvalue weighted by Gasteiger charge is 2.25. The van der Waals surface area contributed by atoms with Crippen molar-refractivity contribution in [2.24, 2.45) is 0 Å². The first-order chi connectivity index (χ1) is 9.61. The average molecular weight is 281 g/mol. The van der Waals surface area contributed by atoms with E-state index in [1.54, 1.807) is 13.3 Å². The number of aromatic nitrogens is 3. The van der Waals surface area contributed by atoms with E-state index in [1.165, 1.54) is 0 Å². The molecule has 0 saturated carbocycles. The molecule has 1 aromatic heterocycles. The highest BCUT2D eigenvalue weighted by molar-refractivity contribution is 5.72. The number of aliphatic carboxylic acids is 1. The van der Waals surface area contributed by atoms with Crippen molar-refractivity contribution in [1.82, 2.24) is 24.6 Å². The molecule has 0 aromatic carbocycles. The van der Waals surface area contributed by atoms with Crippen LogP contribution < -0.4 is 0 Å². The molecule has 1 aliphatic rings. The van der Waals surface area contributed by atoms with Crippen molar-refractivity contribution in [3.63, 3.8) is 0 Å². The monoisotopic (exact) mass is 281 g/mol. The van der Waals surface area contributed by atoms with Crippen LogP contribution in [0.2, 0.25) is 0 Å². The summed E-state index contributed by atoms with van der Waals surface area (Å²) in [5.41, 5.74) is 0. The standard InChI is InChI=1S/C13H23N5O2/c1-3-4-18-12(14-10-15-18)9-16-5-7-17(8-6-16)11(2)13(19)20/h10-11H,3-9H2,1-2H3,(H,19,20). The van der Waals surface area contributed by atoms with Gasteiger partial charge in [0.2, 0.25) is 0 Å². The Morgan fingerprint density at radius 1 is 1.40 bits per heavy atom. The summed E-state index contributed by atoms with van der Waals surface area (Å²) in [4.78, 5) is 19.6. The maximum absolute atomic E-state index is 11.0. The largest absolute Gasteiger partial charge is 0.480 e. The maximum Gasteiger partial charge on any atom is 0.320 e. The van der Waals surface area contributed by atoms with Crippen LogP contribution >= 0.6 is 0 Å². The Balaban J connectivity index is 1.85. The van der Waals surface area contributed by atoms with E-state index in [2.05, 4.69) is 21.9 Å². The third kappa shape index (κ3) is 3.55. The summed E-state index contributed by atoms with van der Waals surface area (Å²) in [5.74, 6) is 0.243. The van der Waals surface area contributed by atoms with Crippen LogP contribution in [0, 0.1) is 0 Å². The Hall–Kier alpha value is -1.47. The molecule has 0 spiro atoms. The molecule has 2 heterocycles. The van der Waals surface area contributed by atoms with Crippen LogP contribution in [0.3, 0.4) is 0 Å². The number of piperazine rings is 1. The molecule has 2 rings (SSSR count). The second-order valence-electron chi connectivity index (χ2n) is 5.23. The second kappa shape index (κ2) is 6.81. The molecule has 1 fully saturated rings. The summed E-state index contributed by atoms with van der Waals surface area (Å²) in [6.45, 7) is 8.87. The third-order valence-electron chi connectivity index (χ3n) is 3.81. The number of rotatable bonds is 6. The minimum Gasteiger partial charge on any atom is -0.480 e. The van der Waals surface area contributed by atoms with Crippen molar-refractivity contribution in [2.75, 3.05) is 26.2 Å². The molecule has 1 aromatic rings. The number of aryl methyl sites for hydroxylation is 1. The first-order valence-corrected chi connectivity index (χ1v) is 7.17. The van der Waals surface area contributed by atoms with Crippen LogP contribution in [-0.2, 0) is 17.9 Å². The zero-order chi connectivity index (χ0) is 14.5. The molecule has 7 heteroatoms. The predicted octanol–water partition coefficient (Wildman–Crippen LogP) is 0.279. The molecule has 0 bridgehead atoms. The van der Waals surface area contributed by atoms with E-state index < -0.39 is 12.0 Å². The van der Waals surface area contributed by atoms with Gasteiger partial charge in [0.05, 0.1) is 6.54 Å². The van der Waals surface area contributed by atoms with E-state index in [4.69, 9.17) is 5.11 Å². The van der Waals surface area contributed by atoms with Gasteiger partial charge in [-0.25, -0.2) is 9.67 Å². The zero-order valence-corrected chi connectivity index (χ0v) is 12.2. The molecular weight excluding hydrogens is 258 g/mol. The second-order valence-corrected chi connectivity index (χ2v) is 5.23. The van der Waals surface area contributed by atoms with E-state index in [0.717, 1.165) is 51.5 Å². The fourth-order valence-electron chi connectivity index (χ4n) is 2.47. The summed E-state index contributed by atoms with van der Waals surface area (Å²) in [7, 11) is 0. The summed E-state index contributed by atoms with van der Waals surface area (Å²) < 4.78 is 1.95. The van der Waals surface area contributed by atoms with Gasteiger partial charge in [-0.2, -0.15) is 5.10 Å². The lowest BCUT2D eigenvalue weighted by Gasteiger charge is -2.36. The Bertz CT molecular complexity index is 440. The van der Waals surface area contributed by atoms with Crippen LogP contribution in [0.1, 0.15) is 26.1 Å². The van der Waals surface area contributed by atoms with Gasteiger partial charge in [-0.05, 0) is 13.3 Å². The first-order valence-electron chi connectivity index (χ1n) is 7.17. The van der Waals surface area contributed by atoms with Crippen LogP contribution in [0.4, 0.5) is 0 Å². The lowest BCUT2D eigenvalue weighted by atomic mass is 10.2. The van der Waals surface area contributed by atoms with Gasteiger partial charge in [0.25, 0.3) is 0 Å². The topological polar surface area (TPSA) is 74.5 Å². The van der Waals surface area contributed by atoms with E-state index >= 15 is 0 Å². The number of carboxylic acid groups (broad SMARTS) is 1. The summed E-state index contributed by atoms with van der Waals surface area (Å²) >= 11 is 0. The minimum atomic E-state index is -0.749. The average Bonchev–Trinajstić information content (AvgIpc) is 2.86. The van der Waals surface area contributed by atoms with E-state index in [9.17, 15) is 4.79 Å². The van der Waals surface area contributed by atoms with Gasteiger partial charge in [-0.3, -0.25) is 14.6 Å². The Kier molecular flexibility index (Phi) is 5.08. The van der Waals surface area contributed by atoms with Crippen molar-refractivity contribution >= 4 is 5.97 Å². The fraction of sp³-hybridized carbons (Fsp3) is 0.769. The van der Waals surface area contributed by atoms with Gasteiger partial charge in [-0.1, -0.05) is 6.92 Å². The number of hydrogen-bond donors (Lipinski definition) is 1. The SMILES string of the molecule is CCCn1ncnc1CN1CCN(C(C)C(=O)O)CC1. The van der Waals surface area contributed by atoms with Crippen LogP contribution in [-0.4, -0.2) is 67.9 Å². The van der Waals surface area contributed by atoms with Gasteiger partial charge in [-0.15, -0.1) is 0 Å². The van der Waals surface area contributed by atoms with Crippen molar-refractivity contribution in [2.45, 2.75) is 39.4 Å². The molecule has 0 radical (unpaired) electrons.